The Morgan fingerprint density at radius 3 is 2.93 bits per heavy atom. The second-order valence-corrected chi connectivity index (χ2v) is 7.52. The van der Waals surface area contributed by atoms with Gasteiger partial charge in [-0.3, -0.25) is 4.79 Å². The fourth-order valence-corrected chi connectivity index (χ4v) is 4.45. The molecule has 6 nitrogen and oxygen atoms in total. The number of hydrogen-bond acceptors (Lipinski definition) is 5. The van der Waals surface area contributed by atoms with E-state index in [2.05, 4.69) is 22.4 Å². The third-order valence-electron chi connectivity index (χ3n) is 4.47. The Morgan fingerprint density at radius 1 is 1.22 bits per heavy atom. The molecule has 134 valence electrons. The first-order valence-corrected chi connectivity index (χ1v) is 9.49. The summed E-state index contributed by atoms with van der Waals surface area (Å²) < 4.78 is 7.30. The zero-order chi connectivity index (χ0) is 18.4. The molecule has 0 aliphatic carbocycles. The van der Waals surface area contributed by atoms with Gasteiger partial charge >= 0.3 is 0 Å². The Balaban J connectivity index is 1.64. The number of anilines is 1. The normalized spacial score (nSPS) is 18.0. The molecule has 2 aromatic carbocycles. The van der Waals surface area contributed by atoms with Crippen LogP contribution in [0.25, 0.3) is 0 Å². The zero-order valence-corrected chi connectivity index (χ0v) is 15.4. The van der Waals surface area contributed by atoms with Gasteiger partial charge in [-0.1, -0.05) is 42.1 Å². The van der Waals surface area contributed by atoms with E-state index in [1.165, 1.54) is 0 Å². The van der Waals surface area contributed by atoms with Crippen molar-refractivity contribution in [2.75, 3.05) is 11.9 Å². The lowest BCUT2D eigenvalue weighted by Crippen LogP contribution is -2.26. The van der Waals surface area contributed by atoms with Crippen molar-refractivity contribution >= 4 is 29.1 Å². The van der Waals surface area contributed by atoms with E-state index >= 15 is 0 Å². The summed E-state index contributed by atoms with van der Waals surface area (Å²) >= 11 is 1.67. The lowest BCUT2D eigenvalue weighted by Gasteiger charge is -2.25. The first kappa shape index (κ1) is 16.1. The minimum atomic E-state index is -0.147. The number of ether oxygens (including phenoxy) is 1. The molecule has 2 aliphatic rings. The summed E-state index contributed by atoms with van der Waals surface area (Å²) in [4.78, 5) is 16.3. The maximum atomic E-state index is 11.7. The molecule has 0 saturated carbocycles. The number of aryl methyl sites for hydroxylation is 1. The molecule has 1 atom stereocenters. The number of hydrogen-bond donors (Lipinski definition) is 1. The average Bonchev–Trinajstić information content (AvgIpc) is 3.06. The highest BCUT2D eigenvalue weighted by Crippen LogP contribution is 2.42. The molecule has 1 unspecified atom stereocenters. The molecule has 27 heavy (non-hydrogen) atoms. The third kappa shape index (κ3) is 2.90. The van der Waals surface area contributed by atoms with Crippen LogP contribution < -0.4 is 10.1 Å². The molecule has 0 bridgehead atoms. The molecule has 1 aromatic heterocycles. The summed E-state index contributed by atoms with van der Waals surface area (Å²) in [7, 11) is 0. The summed E-state index contributed by atoms with van der Waals surface area (Å²) in [5.74, 6) is 0.532. The number of benzene rings is 2. The molecule has 3 aromatic rings. The van der Waals surface area contributed by atoms with Crippen molar-refractivity contribution < 1.29 is 9.53 Å². The third-order valence-corrected chi connectivity index (χ3v) is 5.69. The molecule has 7 heteroatoms. The highest BCUT2D eigenvalue weighted by atomic mass is 32.2. The van der Waals surface area contributed by atoms with Crippen LogP contribution in [0.4, 0.5) is 5.69 Å². The fraction of sp³-hybridized carbons (Fsp3) is 0.150. The van der Waals surface area contributed by atoms with Crippen molar-refractivity contribution in [2.45, 2.75) is 17.3 Å². The van der Waals surface area contributed by atoms with Gasteiger partial charge in [0, 0.05) is 5.56 Å². The van der Waals surface area contributed by atoms with Crippen molar-refractivity contribution in [3.8, 4) is 5.75 Å². The Morgan fingerprint density at radius 2 is 2.07 bits per heavy atom. The lowest BCUT2D eigenvalue weighted by molar-refractivity contribution is -0.118. The Hall–Kier alpha value is -3.06. The maximum absolute atomic E-state index is 11.7. The number of aromatic nitrogens is 2. The fourth-order valence-electron chi connectivity index (χ4n) is 3.25. The van der Waals surface area contributed by atoms with Crippen LogP contribution in [-0.4, -0.2) is 27.9 Å². The number of rotatable bonds is 2. The van der Waals surface area contributed by atoms with E-state index in [1.54, 1.807) is 11.8 Å². The number of amides is 1. The van der Waals surface area contributed by atoms with Crippen molar-refractivity contribution in [3.05, 3.63) is 71.5 Å². The van der Waals surface area contributed by atoms with Gasteiger partial charge in [-0.2, -0.15) is 5.10 Å². The number of carbonyl (C=O) groups excluding carboxylic acids is 1. The molecule has 0 fully saturated rings. The highest BCUT2D eigenvalue weighted by molar-refractivity contribution is 8.00. The number of nitrogens with zero attached hydrogens (tertiary/aromatic N) is 3. The van der Waals surface area contributed by atoms with Gasteiger partial charge in [0.15, 0.2) is 11.8 Å². The van der Waals surface area contributed by atoms with E-state index in [0.717, 1.165) is 27.7 Å². The van der Waals surface area contributed by atoms with Gasteiger partial charge < -0.3 is 10.1 Å². The molecule has 1 amide bonds. The van der Waals surface area contributed by atoms with Crippen LogP contribution in [-0.2, 0) is 4.79 Å². The van der Waals surface area contributed by atoms with E-state index in [-0.39, 0.29) is 17.8 Å². The Labute approximate surface area is 160 Å². The summed E-state index contributed by atoms with van der Waals surface area (Å²) in [5, 5.41) is 8.62. The monoisotopic (exact) mass is 376 g/mol. The van der Waals surface area contributed by atoms with Crippen LogP contribution in [0.2, 0.25) is 0 Å². The van der Waals surface area contributed by atoms with Crippen molar-refractivity contribution in [2.24, 2.45) is 5.10 Å². The van der Waals surface area contributed by atoms with E-state index in [9.17, 15) is 4.79 Å². The van der Waals surface area contributed by atoms with E-state index in [0.29, 0.717) is 11.4 Å². The SMILES string of the molecule is Cc1cn2c(n1)SC(c1ccccc1)C(c1ccc3c(c1)NC(=O)CO3)=N2. The summed E-state index contributed by atoms with van der Waals surface area (Å²) in [5.41, 5.74) is 4.62. The van der Waals surface area contributed by atoms with Crippen LogP contribution in [0.5, 0.6) is 5.75 Å². The van der Waals surface area contributed by atoms with E-state index in [4.69, 9.17) is 9.84 Å². The Kier molecular flexibility index (Phi) is 3.75. The van der Waals surface area contributed by atoms with E-state index < -0.39 is 0 Å². The van der Waals surface area contributed by atoms with Crippen LogP contribution in [0.15, 0.2) is 65.0 Å². The van der Waals surface area contributed by atoms with E-state index in [1.807, 2.05) is 54.2 Å². The molecule has 0 saturated heterocycles. The van der Waals surface area contributed by atoms with Crippen LogP contribution in [0.1, 0.15) is 22.1 Å². The molecule has 1 N–H and O–H groups in total. The predicted octanol–water partition coefficient (Wildman–Crippen LogP) is 3.62. The average molecular weight is 376 g/mol. The quantitative estimate of drug-likeness (QED) is 0.742. The van der Waals surface area contributed by atoms with Crippen molar-refractivity contribution in [1.82, 2.24) is 9.66 Å². The zero-order valence-electron chi connectivity index (χ0n) is 14.5. The Bertz CT molecular complexity index is 1070. The molecule has 0 radical (unpaired) electrons. The number of fused-ring (bicyclic) bond motifs is 2. The summed E-state index contributed by atoms with van der Waals surface area (Å²) in [6, 6.07) is 16.1. The molecule has 2 aliphatic heterocycles. The molecular weight excluding hydrogens is 360 g/mol. The van der Waals surface area contributed by atoms with Gasteiger partial charge in [0.1, 0.15) is 5.75 Å². The number of thioether (sulfide) groups is 1. The highest BCUT2D eigenvalue weighted by Gasteiger charge is 2.29. The number of carbonyl (C=O) groups is 1. The summed E-state index contributed by atoms with van der Waals surface area (Å²) in [6.45, 7) is 2.01. The van der Waals surface area contributed by atoms with Crippen molar-refractivity contribution in [3.63, 3.8) is 0 Å². The van der Waals surface area contributed by atoms with Gasteiger partial charge in [0.05, 0.1) is 28.5 Å². The van der Waals surface area contributed by atoms with Crippen LogP contribution >= 0.6 is 11.8 Å². The number of imidazole rings is 1. The molecular formula is C20H16N4O2S. The van der Waals surface area contributed by atoms with Gasteiger partial charge in [0.25, 0.3) is 5.91 Å². The van der Waals surface area contributed by atoms with Gasteiger partial charge in [-0.25, -0.2) is 9.66 Å². The molecule has 5 rings (SSSR count). The first-order valence-electron chi connectivity index (χ1n) is 8.61. The van der Waals surface area contributed by atoms with Gasteiger partial charge in [-0.05, 0) is 30.7 Å². The smallest absolute Gasteiger partial charge is 0.262 e. The lowest BCUT2D eigenvalue weighted by atomic mass is 10.0. The second-order valence-electron chi connectivity index (χ2n) is 6.45. The largest absolute Gasteiger partial charge is 0.482 e. The summed E-state index contributed by atoms with van der Waals surface area (Å²) in [6.07, 6.45) is 1.92. The number of nitrogens with one attached hydrogen (secondary N) is 1. The van der Waals surface area contributed by atoms with Crippen LogP contribution in [0, 0.1) is 6.92 Å². The van der Waals surface area contributed by atoms with Gasteiger partial charge in [0.2, 0.25) is 0 Å². The topological polar surface area (TPSA) is 68.5 Å². The van der Waals surface area contributed by atoms with Crippen molar-refractivity contribution in [1.29, 1.82) is 0 Å². The van der Waals surface area contributed by atoms with Gasteiger partial charge in [-0.15, -0.1) is 0 Å². The second kappa shape index (κ2) is 6.28. The minimum Gasteiger partial charge on any atom is -0.482 e. The minimum absolute atomic E-state index is 0.0127. The predicted molar refractivity (Wildman–Crippen MR) is 105 cm³/mol. The molecule has 3 heterocycles. The standard InChI is InChI=1S/C20H16N4O2S/c1-12-10-24-20(21-12)27-19(13-5-3-2-4-6-13)18(23-24)14-7-8-16-15(9-14)22-17(25)11-26-16/h2-10,19H,11H2,1H3,(H,22,25). The maximum Gasteiger partial charge on any atom is 0.262 e. The first-order chi connectivity index (χ1) is 13.2. The van der Waals surface area contributed by atoms with Crippen LogP contribution in [0.3, 0.4) is 0 Å². The molecule has 0 spiro atoms.